The molecule has 0 saturated carbocycles. The zero-order chi connectivity index (χ0) is 13.8. The highest BCUT2D eigenvalue weighted by Gasteiger charge is 2.12. The zero-order valence-corrected chi connectivity index (χ0v) is 10.4. The van der Waals surface area contributed by atoms with E-state index >= 15 is 0 Å². The largest absolute Gasteiger partial charge is 0.382 e. The molecule has 0 radical (unpaired) electrons. The Morgan fingerprint density at radius 3 is 2.63 bits per heavy atom. The molecular formula is C13H13N5O. The number of benzene rings is 1. The predicted molar refractivity (Wildman–Crippen MR) is 71.2 cm³/mol. The average molecular weight is 255 g/mol. The van der Waals surface area contributed by atoms with E-state index in [-0.39, 0.29) is 12.5 Å². The molecule has 0 atom stereocenters. The summed E-state index contributed by atoms with van der Waals surface area (Å²) in [4.78, 5) is 13.5. The third kappa shape index (κ3) is 2.90. The standard InChI is InChI=1S/C13H13N5O/c1-17(11-4-2-10(8-14)3-5-11)13(19)9-18-7-6-12(15)16-18/h2-7H,9H2,1H3,(H2,15,16). The summed E-state index contributed by atoms with van der Waals surface area (Å²) in [6, 6.07) is 10.5. The van der Waals surface area contributed by atoms with Gasteiger partial charge in [0.2, 0.25) is 5.91 Å². The summed E-state index contributed by atoms with van der Waals surface area (Å²) in [5, 5.41) is 12.7. The van der Waals surface area contributed by atoms with Crippen molar-refractivity contribution in [2.45, 2.75) is 6.54 Å². The molecule has 0 saturated heterocycles. The van der Waals surface area contributed by atoms with Gasteiger partial charge in [0, 0.05) is 18.9 Å². The quantitative estimate of drug-likeness (QED) is 0.886. The fraction of sp³-hybridized carbons (Fsp3) is 0.154. The fourth-order valence-corrected chi connectivity index (χ4v) is 1.61. The molecule has 1 heterocycles. The number of amides is 1. The number of aromatic nitrogens is 2. The molecule has 2 N–H and O–H groups in total. The first-order valence-electron chi connectivity index (χ1n) is 5.66. The Kier molecular flexibility index (Phi) is 3.48. The van der Waals surface area contributed by atoms with Gasteiger partial charge in [-0.05, 0) is 30.3 Å². The SMILES string of the molecule is CN(C(=O)Cn1ccc(N)n1)c1ccc(C#N)cc1. The van der Waals surface area contributed by atoms with Gasteiger partial charge in [-0.1, -0.05) is 0 Å². The average Bonchev–Trinajstić information content (AvgIpc) is 2.83. The van der Waals surface area contributed by atoms with Gasteiger partial charge in [-0.2, -0.15) is 10.4 Å². The van der Waals surface area contributed by atoms with Crippen LogP contribution in [0.2, 0.25) is 0 Å². The zero-order valence-electron chi connectivity index (χ0n) is 10.4. The molecule has 2 rings (SSSR count). The van der Waals surface area contributed by atoms with Gasteiger partial charge in [-0.25, -0.2) is 0 Å². The molecule has 19 heavy (non-hydrogen) atoms. The van der Waals surface area contributed by atoms with Gasteiger partial charge in [0.1, 0.15) is 12.4 Å². The minimum Gasteiger partial charge on any atom is -0.382 e. The van der Waals surface area contributed by atoms with Crippen molar-refractivity contribution in [1.82, 2.24) is 9.78 Å². The van der Waals surface area contributed by atoms with Gasteiger partial charge >= 0.3 is 0 Å². The van der Waals surface area contributed by atoms with Crippen molar-refractivity contribution in [1.29, 1.82) is 5.26 Å². The van der Waals surface area contributed by atoms with Crippen molar-refractivity contribution >= 4 is 17.4 Å². The first-order valence-corrected chi connectivity index (χ1v) is 5.66. The summed E-state index contributed by atoms with van der Waals surface area (Å²) in [5.74, 6) is 0.265. The molecule has 0 aliphatic heterocycles. The van der Waals surface area contributed by atoms with Crippen LogP contribution in [0.4, 0.5) is 11.5 Å². The third-order valence-electron chi connectivity index (χ3n) is 2.72. The molecule has 96 valence electrons. The van der Waals surface area contributed by atoms with Crippen molar-refractivity contribution in [2.75, 3.05) is 17.7 Å². The number of nitriles is 1. The molecule has 1 aromatic heterocycles. The number of nitrogen functional groups attached to an aromatic ring is 1. The molecule has 0 aliphatic rings. The van der Waals surface area contributed by atoms with Crippen molar-refractivity contribution in [3.05, 3.63) is 42.1 Å². The molecule has 6 nitrogen and oxygen atoms in total. The number of carbonyl (C=O) groups is 1. The molecule has 1 amide bonds. The normalized spacial score (nSPS) is 9.89. The van der Waals surface area contributed by atoms with Gasteiger partial charge in [0.15, 0.2) is 0 Å². The molecule has 6 heteroatoms. The van der Waals surface area contributed by atoms with Crippen molar-refractivity contribution in [3.63, 3.8) is 0 Å². The van der Waals surface area contributed by atoms with Crippen LogP contribution in [0.1, 0.15) is 5.56 Å². The summed E-state index contributed by atoms with van der Waals surface area (Å²) in [5.41, 5.74) is 6.77. The maximum absolute atomic E-state index is 12.0. The summed E-state index contributed by atoms with van der Waals surface area (Å²) in [6.07, 6.45) is 1.65. The van der Waals surface area contributed by atoms with E-state index in [4.69, 9.17) is 11.0 Å². The third-order valence-corrected chi connectivity index (χ3v) is 2.72. The molecule has 0 unspecified atom stereocenters. The predicted octanol–water partition coefficient (Wildman–Crippen LogP) is 1.000. The van der Waals surface area contributed by atoms with E-state index in [1.165, 1.54) is 9.58 Å². The van der Waals surface area contributed by atoms with Crippen LogP contribution < -0.4 is 10.6 Å². The van der Waals surface area contributed by atoms with Gasteiger partial charge < -0.3 is 10.6 Å². The molecular weight excluding hydrogens is 242 g/mol. The number of anilines is 2. The maximum Gasteiger partial charge on any atom is 0.248 e. The summed E-state index contributed by atoms with van der Waals surface area (Å²) in [7, 11) is 1.68. The lowest BCUT2D eigenvalue weighted by molar-refractivity contribution is -0.119. The summed E-state index contributed by atoms with van der Waals surface area (Å²) < 4.78 is 1.48. The second-order valence-electron chi connectivity index (χ2n) is 4.05. The van der Waals surface area contributed by atoms with E-state index in [9.17, 15) is 4.79 Å². The number of likely N-dealkylation sites (N-methyl/N-ethyl adjacent to an activating group) is 1. The first-order chi connectivity index (χ1) is 9.10. The van der Waals surface area contributed by atoms with Gasteiger partial charge in [0.05, 0.1) is 11.6 Å². The highest BCUT2D eigenvalue weighted by molar-refractivity contribution is 5.92. The highest BCUT2D eigenvalue weighted by atomic mass is 16.2. The monoisotopic (exact) mass is 255 g/mol. The van der Waals surface area contributed by atoms with Crippen LogP contribution in [-0.4, -0.2) is 22.7 Å². The minimum atomic E-state index is -0.118. The lowest BCUT2D eigenvalue weighted by Crippen LogP contribution is -2.30. The van der Waals surface area contributed by atoms with Crippen LogP contribution in [0.3, 0.4) is 0 Å². The van der Waals surface area contributed by atoms with Crippen molar-refractivity contribution < 1.29 is 4.79 Å². The molecule has 0 spiro atoms. The van der Waals surface area contributed by atoms with E-state index in [1.807, 2.05) is 6.07 Å². The van der Waals surface area contributed by atoms with Crippen LogP contribution in [0.5, 0.6) is 0 Å². The molecule has 0 aliphatic carbocycles. The Hall–Kier alpha value is -2.81. The van der Waals surface area contributed by atoms with Crippen molar-refractivity contribution in [2.24, 2.45) is 0 Å². The second kappa shape index (κ2) is 5.23. The lowest BCUT2D eigenvalue weighted by Gasteiger charge is -2.17. The van der Waals surface area contributed by atoms with E-state index in [0.29, 0.717) is 11.4 Å². The molecule has 0 bridgehead atoms. The van der Waals surface area contributed by atoms with Gasteiger partial charge in [0.25, 0.3) is 0 Å². The Labute approximate surface area is 110 Å². The van der Waals surface area contributed by atoms with E-state index in [1.54, 1.807) is 43.6 Å². The van der Waals surface area contributed by atoms with E-state index in [0.717, 1.165) is 5.69 Å². The number of rotatable bonds is 3. The number of hydrogen-bond donors (Lipinski definition) is 1. The number of carbonyl (C=O) groups excluding carboxylic acids is 1. The number of hydrogen-bond acceptors (Lipinski definition) is 4. The maximum atomic E-state index is 12.0. The molecule has 2 aromatic rings. The van der Waals surface area contributed by atoms with E-state index in [2.05, 4.69) is 5.10 Å². The highest BCUT2D eigenvalue weighted by Crippen LogP contribution is 2.14. The Morgan fingerprint density at radius 2 is 2.11 bits per heavy atom. The van der Waals surface area contributed by atoms with E-state index < -0.39 is 0 Å². The van der Waals surface area contributed by atoms with Gasteiger partial charge in [-0.15, -0.1) is 0 Å². The van der Waals surface area contributed by atoms with Gasteiger partial charge in [-0.3, -0.25) is 9.48 Å². The Bertz CT molecular complexity index is 623. The van der Waals surface area contributed by atoms with Crippen LogP contribution >= 0.6 is 0 Å². The summed E-state index contributed by atoms with van der Waals surface area (Å²) >= 11 is 0. The van der Waals surface area contributed by atoms with Crippen molar-refractivity contribution in [3.8, 4) is 6.07 Å². The van der Waals surface area contributed by atoms with Crippen LogP contribution in [0.15, 0.2) is 36.5 Å². The van der Waals surface area contributed by atoms with Crippen LogP contribution in [0, 0.1) is 11.3 Å². The van der Waals surface area contributed by atoms with Crippen LogP contribution in [-0.2, 0) is 11.3 Å². The smallest absolute Gasteiger partial charge is 0.248 e. The van der Waals surface area contributed by atoms with Crippen LogP contribution in [0.25, 0.3) is 0 Å². The first kappa shape index (κ1) is 12.6. The second-order valence-corrected chi connectivity index (χ2v) is 4.05. The minimum absolute atomic E-state index is 0.118. The number of nitrogens with zero attached hydrogens (tertiary/aromatic N) is 4. The lowest BCUT2D eigenvalue weighted by atomic mass is 10.2. The topological polar surface area (TPSA) is 87.9 Å². The molecule has 0 fully saturated rings. The summed E-state index contributed by atoms with van der Waals surface area (Å²) in [6.45, 7) is 0.119. The molecule has 1 aromatic carbocycles. The Morgan fingerprint density at radius 1 is 1.42 bits per heavy atom. The number of nitrogens with two attached hydrogens (primary N) is 1. The Balaban J connectivity index is 2.08. The fourth-order valence-electron chi connectivity index (χ4n) is 1.61.